The van der Waals surface area contributed by atoms with Gasteiger partial charge >= 0.3 is 0 Å². The van der Waals surface area contributed by atoms with Gasteiger partial charge in [0.25, 0.3) is 5.91 Å². The first kappa shape index (κ1) is 13.7. The molecule has 4 nitrogen and oxygen atoms in total. The molecule has 1 aromatic rings. The smallest absolute Gasteiger partial charge is 0.257 e. The number of nitrogen functional groups attached to an aromatic ring is 1. The van der Waals surface area contributed by atoms with E-state index in [1.165, 1.54) is 25.7 Å². The van der Waals surface area contributed by atoms with Crippen LogP contribution >= 0.6 is 0 Å². The largest absolute Gasteiger partial charge is 0.494 e. The van der Waals surface area contributed by atoms with Gasteiger partial charge in [-0.25, -0.2) is 0 Å². The van der Waals surface area contributed by atoms with Crippen LogP contribution < -0.4 is 10.5 Å². The number of carbonyl (C=O) groups is 1. The number of hydrogen-bond donors (Lipinski definition) is 1. The number of rotatable bonds is 4. The predicted molar refractivity (Wildman–Crippen MR) is 76.3 cm³/mol. The lowest BCUT2D eigenvalue weighted by Crippen LogP contribution is -2.31. The Hall–Kier alpha value is -1.71. The first-order valence-corrected chi connectivity index (χ1v) is 6.81. The highest BCUT2D eigenvalue weighted by molar-refractivity contribution is 5.98. The number of nitrogens with zero attached hydrogens (tertiary/aromatic N) is 1. The van der Waals surface area contributed by atoms with Gasteiger partial charge in [-0.15, -0.1) is 0 Å². The van der Waals surface area contributed by atoms with Crippen molar-refractivity contribution in [2.45, 2.75) is 25.7 Å². The van der Waals surface area contributed by atoms with E-state index in [0.29, 0.717) is 22.9 Å². The summed E-state index contributed by atoms with van der Waals surface area (Å²) in [5.41, 5.74) is 6.88. The van der Waals surface area contributed by atoms with Crippen molar-refractivity contribution in [1.29, 1.82) is 0 Å². The maximum atomic E-state index is 12.5. The van der Waals surface area contributed by atoms with E-state index in [4.69, 9.17) is 10.5 Å². The van der Waals surface area contributed by atoms with E-state index in [9.17, 15) is 4.79 Å². The second-order valence-corrected chi connectivity index (χ2v) is 5.26. The summed E-state index contributed by atoms with van der Waals surface area (Å²) < 4.78 is 5.24. The third kappa shape index (κ3) is 3.00. The molecule has 1 aliphatic rings. The lowest BCUT2D eigenvalue weighted by Gasteiger charge is -2.22. The van der Waals surface area contributed by atoms with Crippen molar-refractivity contribution < 1.29 is 9.53 Å². The Morgan fingerprint density at radius 1 is 1.42 bits per heavy atom. The average molecular weight is 262 g/mol. The molecule has 0 atom stereocenters. The highest BCUT2D eigenvalue weighted by atomic mass is 16.5. The van der Waals surface area contributed by atoms with Crippen LogP contribution in [0.2, 0.25) is 0 Å². The van der Waals surface area contributed by atoms with Crippen molar-refractivity contribution in [3.63, 3.8) is 0 Å². The fourth-order valence-electron chi connectivity index (χ4n) is 2.82. The molecule has 0 aliphatic heterocycles. The van der Waals surface area contributed by atoms with Crippen LogP contribution in [0.1, 0.15) is 36.0 Å². The van der Waals surface area contributed by atoms with E-state index in [1.807, 2.05) is 7.05 Å². The molecule has 0 radical (unpaired) electrons. The Kier molecular flexibility index (Phi) is 4.30. The number of amides is 1. The molecule has 2 rings (SSSR count). The fourth-order valence-corrected chi connectivity index (χ4v) is 2.82. The van der Waals surface area contributed by atoms with Gasteiger partial charge < -0.3 is 15.4 Å². The highest BCUT2D eigenvalue weighted by Crippen LogP contribution is 2.29. The van der Waals surface area contributed by atoms with Gasteiger partial charge in [-0.3, -0.25) is 4.79 Å². The van der Waals surface area contributed by atoms with Crippen molar-refractivity contribution in [3.05, 3.63) is 23.8 Å². The minimum atomic E-state index is -0.0175. The second-order valence-electron chi connectivity index (χ2n) is 5.26. The summed E-state index contributed by atoms with van der Waals surface area (Å²) in [6, 6.07) is 5.30. The molecule has 0 heterocycles. The molecule has 0 saturated heterocycles. The topological polar surface area (TPSA) is 55.6 Å². The van der Waals surface area contributed by atoms with E-state index in [0.717, 1.165) is 6.54 Å². The Bertz CT molecular complexity index is 453. The van der Waals surface area contributed by atoms with Crippen LogP contribution in [0.5, 0.6) is 5.75 Å². The van der Waals surface area contributed by atoms with Gasteiger partial charge in [-0.2, -0.15) is 0 Å². The van der Waals surface area contributed by atoms with Crippen LogP contribution in [0.4, 0.5) is 5.69 Å². The zero-order valence-corrected chi connectivity index (χ0v) is 11.7. The molecular weight excluding hydrogens is 240 g/mol. The van der Waals surface area contributed by atoms with Gasteiger partial charge in [-0.05, 0) is 30.9 Å². The van der Waals surface area contributed by atoms with Crippen molar-refractivity contribution >= 4 is 11.6 Å². The molecule has 19 heavy (non-hydrogen) atoms. The quantitative estimate of drug-likeness (QED) is 0.848. The molecule has 0 unspecified atom stereocenters. The van der Waals surface area contributed by atoms with Crippen LogP contribution in [-0.4, -0.2) is 31.5 Å². The number of para-hydroxylation sites is 1. The summed E-state index contributed by atoms with van der Waals surface area (Å²) >= 11 is 0. The summed E-state index contributed by atoms with van der Waals surface area (Å²) in [5, 5.41) is 0. The molecule has 0 spiro atoms. The van der Waals surface area contributed by atoms with Crippen molar-refractivity contribution in [2.24, 2.45) is 5.92 Å². The van der Waals surface area contributed by atoms with E-state index in [1.54, 1.807) is 30.2 Å². The Balaban J connectivity index is 2.12. The van der Waals surface area contributed by atoms with Crippen LogP contribution in [0.15, 0.2) is 18.2 Å². The summed E-state index contributed by atoms with van der Waals surface area (Å²) in [6.07, 6.45) is 5.03. The standard InChI is InChI=1S/C15H22N2O2/c1-17(10-11-6-3-4-7-11)15(18)12-8-5-9-13(16)14(12)19-2/h5,8-9,11H,3-4,6-7,10,16H2,1-2H3. The lowest BCUT2D eigenvalue weighted by molar-refractivity contribution is 0.0770. The van der Waals surface area contributed by atoms with Gasteiger partial charge in [0, 0.05) is 13.6 Å². The Morgan fingerprint density at radius 2 is 2.11 bits per heavy atom. The van der Waals surface area contributed by atoms with Crippen molar-refractivity contribution in [1.82, 2.24) is 4.90 Å². The second kappa shape index (κ2) is 5.95. The maximum absolute atomic E-state index is 12.5. The lowest BCUT2D eigenvalue weighted by atomic mass is 10.1. The molecule has 1 aliphatic carbocycles. The average Bonchev–Trinajstić information content (AvgIpc) is 2.90. The van der Waals surface area contributed by atoms with Gasteiger partial charge in [-0.1, -0.05) is 18.9 Å². The predicted octanol–water partition coefficient (Wildman–Crippen LogP) is 2.54. The van der Waals surface area contributed by atoms with E-state index >= 15 is 0 Å². The third-order valence-corrected chi connectivity index (χ3v) is 3.83. The highest BCUT2D eigenvalue weighted by Gasteiger charge is 2.22. The zero-order chi connectivity index (χ0) is 13.8. The van der Waals surface area contributed by atoms with Crippen molar-refractivity contribution in [2.75, 3.05) is 26.4 Å². The Morgan fingerprint density at radius 3 is 2.74 bits per heavy atom. The molecule has 1 fully saturated rings. The normalized spacial score (nSPS) is 15.5. The van der Waals surface area contributed by atoms with Gasteiger partial charge in [0.15, 0.2) is 5.75 Å². The minimum Gasteiger partial charge on any atom is -0.494 e. The van der Waals surface area contributed by atoms with Gasteiger partial charge in [0.1, 0.15) is 0 Å². The first-order valence-electron chi connectivity index (χ1n) is 6.81. The summed E-state index contributed by atoms with van der Waals surface area (Å²) in [4.78, 5) is 14.2. The van der Waals surface area contributed by atoms with E-state index in [-0.39, 0.29) is 5.91 Å². The van der Waals surface area contributed by atoms with Crippen LogP contribution in [-0.2, 0) is 0 Å². The molecule has 0 bridgehead atoms. The zero-order valence-electron chi connectivity index (χ0n) is 11.7. The van der Waals surface area contributed by atoms with Crippen LogP contribution in [0, 0.1) is 5.92 Å². The number of anilines is 1. The molecular formula is C15H22N2O2. The molecule has 4 heteroatoms. The van der Waals surface area contributed by atoms with Gasteiger partial charge in [0.2, 0.25) is 0 Å². The molecule has 1 amide bonds. The monoisotopic (exact) mass is 262 g/mol. The molecule has 2 N–H and O–H groups in total. The van der Waals surface area contributed by atoms with Gasteiger partial charge in [0.05, 0.1) is 18.4 Å². The molecule has 104 valence electrons. The first-order chi connectivity index (χ1) is 9.13. The maximum Gasteiger partial charge on any atom is 0.257 e. The van der Waals surface area contributed by atoms with Crippen molar-refractivity contribution in [3.8, 4) is 5.75 Å². The number of hydrogen-bond acceptors (Lipinski definition) is 3. The third-order valence-electron chi connectivity index (χ3n) is 3.83. The number of benzene rings is 1. The number of methoxy groups -OCH3 is 1. The van der Waals surface area contributed by atoms with Crippen LogP contribution in [0.3, 0.4) is 0 Å². The summed E-state index contributed by atoms with van der Waals surface area (Å²) in [6.45, 7) is 0.816. The summed E-state index contributed by atoms with van der Waals surface area (Å²) in [7, 11) is 3.39. The molecule has 1 saturated carbocycles. The molecule has 0 aromatic heterocycles. The Labute approximate surface area is 114 Å². The van der Waals surface area contributed by atoms with E-state index < -0.39 is 0 Å². The summed E-state index contributed by atoms with van der Waals surface area (Å²) in [5.74, 6) is 1.10. The minimum absolute atomic E-state index is 0.0175. The van der Waals surface area contributed by atoms with E-state index in [2.05, 4.69) is 0 Å². The fraction of sp³-hybridized carbons (Fsp3) is 0.533. The number of carbonyl (C=O) groups excluding carboxylic acids is 1. The number of ether oxygens (including phenoxy) is 1. The van der Waals surface area contributed by atoms with Crippen LogP contribution in [0.25, 0.3) is 0 Å². The molecule has 1 aromatic carbocycles. The SMILES string of the molecule is COc1c(N)cccc1C(=O)N(C)CC1CCCC1. The number of nitrogens with two attached hydrogens (primary N) is 1.